The molecule has 1 amide bonds. The van der Waals surface area contributed by atoms with Crippen LogP contribution >= 0.6 is 0 Å². The molecule has 28 heavy (non-hydrogen) atoms. The van der Waals surface area contributed by atoms with Crippen LogP contribution < -0.4 is 14.8 Å². The fraction of sp³-hybridized carbons (Fsp3) is 0.409. The highest BCUT2D eigenvalue weighted by Gasteiger charge is 2.16. The SMILES string of the molecule is COc1ccccc1O[C@H](C)C(=O)NCc1ccc(CN2CCOCC2)cc1. The van der Waals surface area contributed by atoms with Gasteiger partial charge in [0.2, 0.25) is 0 Å². The molecule has 0 aliphatic carbocycles. The van der Waals surface area contributed by atoms with Crippen LogP contribution in [0.2, 0.25) is 0 Å². The first-order valence-electron chi connectivity index (χ1n) is 9.61. The van der Waals surface area contributed by atoms with Gasteiger partial charge in [-0.2, -0.15) is 0 Å². The van der Waals surface area contributed by atoms with E-state index in [2.05, 4.69) is 34.5 Å². The number of hydrogen-bond donors (Lipinski definition) is 1. The van der Waals surface area contributed by atoms with E-state index in [1.54, 1.807) is 26.2 Å². The van der Waals surface area contributed by atoms with Gasteiger partial charge in [-0.05, 0) is 30.2 Å². The number of carbonyl (C=O) groups excluding carboxylic acids is 1. The lowest BCUT2D eigenvalue weighted by molar-refractivity contribution is -0.127. The van der Waals surface area contributed by atoms with Crippen molar-refractivity contribution in [1.82, 2.24) is 10.2 Å². The van der Waals surface area contributed by atoms with Crippen molar-refractivity contribution in [3.8, 4) is 11.5 Å². The monoisotopic (exact) mass is 384 g/mol. The van der Waals surface area contributed by atoms with Gasteiger partial charge in [-0.1, -0.05) is 36.4 Å². The maximum Gasteiger partial charge on any atom is 0.261 e. The van der Waals surface area contributed by atoms with Gasteiger partial charge in [0.05, 0.1) is 20.3 Å². The zero-order valence-electron chi connectivity index (χ0n) is 16.5. The summed E-state index contributed by atoms with van der Waals surface area (Å²) in [7, 11) is 1.58. The number of nitrogens with one attached hydrogen (secondary N) is 1. The van der Waals surface area contributed by atoms with E-state index in [0.717, 1.165) is 38.4 Å². The number of benzene rings is 2. The summed E-state index contributed by atoms with van der Waals surface area (Å²) in [6.45, 7) is 6.69. The number of morpholine rings is 1. The Morgan fingerprint density at radius 2 is 1.71 bits per heavy atom. The van der Waals surface area contributed by atoms with Crippen LogP contribution in [0.5, 0.6) is 11.5 Å². The number of rotatable bonds is 8. The number of nitrogens with zero attached hydrogens (tertiary/aromatic N) is 1. The third kappa shape index (κ3) is 5.71. The van der Waals surface area contributed by atoms with Crippen LogP contribution in [-0.4, -0.2) is 50.3 Å². The number of ether oxygens (including phenoxy) is 3. The first kappa shape index (κ1) is 20.2. The van der Waals surface area contributed by atoms with Crippen LogP contribution in [-0.2, 0) is 22.6 Å². The van der Waals surface area contributed by atoms with Crippen molar-refractivity contribution in [1.29, 1.82) is 0 Å². The third-order valence-corrected chi connectivity index (χ3v) is 4.74. The minimum atomic E-state index is -0.614. The van der Waals surface area contributed by atoms with Gasteiger partial charge < -0.3 is 19.5 Å². The largest absolute Gasteiger partial charge is 0.493 e. The van der Waals surface area contributed by atoms with E-state index in [1.807, 2.05) is 12.1 Å². The Hall–Kier alpha value is -2.57. The van der Waals surface area contributed by atoms with Crippen LogP contribution in [0.15, 0.2) is 48.5 Å². The molecular weight excluding hydrogens is 356 g/mol. The molecule has 0 radical (unpaired) electrons. The van der Waals surface area contributed by atoms with E-state index in [-0.39, 0.29) is 5.91 Å². The van der Waals surface area contributed by atoms with Gasteiger partial charge in [-0.3, -0.25) is 9.69 Å². The van der Waals surface area contributed by atoms with Gasteiger partial charge in [-0.15, -0.1) is 0 Å². The van der Waals surface area contributed by atoms with E-state index in [4.69, 9.17) is 14.2 Å². The van der Waals surface area contributed by atoms with Crippen molar-refractivity contribution < 1.29 is 19.0 Å². The predicted octanol–water partition coefficient (Wildman–Crippen LogP) is 2.61. The normalized spacial score (nSPS) is 15.6. The molecule has 150 valence electrons. The highest BCUT2D eigenvalue weighted by molar-refractivity contribution is 5.80. The highest BCUT2D eigenvalue weighted by atomic mass is 16.5. The first-order valence-corrected chi connectivity index (χ1v) is 9.61. The van der Waals surface area contributed by atoms with Crippen molar-refractivity contribution in [3.63, 3.8) is 0 Å². The predicted molar refractivity (Wildman–Crippen MR) is 107 cm³/mol. The van der Waals surface area contributed by atoms with E-state index < -0.39 is 6.10 Å². The number of para-hydroxylation sites is 2. The summed E-state index contributed by atoms with van der Waals surface area (Å²) in [5, 5.41) is 2.93. The number of methoxy groups -OCH3 is 1. The zero-order valence-corrected chi connectivity index (χ0v) is 16.5. The average Bonchev–Trinajstić information content (AvgIpc) is 2.74. The molecule has 2 aromatic carbocycles. The molecule has 1 heterocycles. The second-order valence-electron chi connectivity index (χ2n) is 6.83. The van der Waals surface area contributed by atoms with Crippen molar-refractivity contribution in [3.05, 3.63) is 59.7 Å². The summed E-state index contributed by atoms with van der Waals surface area (Å²) in [5.74, 6) is 1.00. The highest BCUT2D eigenvalue weighted by Crippen LogP contribution is 2.26. The smallest absolute Gasteiger partial charge is 0.261 e. The minimum Gasteiger partial charge on any atom is -0.493 e. The van der Waals surface area contributed by atoms with Crippen molar-refractivity contribution in [2.24, 2.45) is 0 Å². The first-order chi connectivity index (χ1) is 13.7. The van der Waals surface area contributed by atoms with E-state index in [9.17, 15) is 4.79 Å². The van der Waals surface area contributed by atoms with Gasteiger partial charge >= 0.3 is 0 Å². The Morgan fingerprint density at radius 3 is 2.39 bits per heavy atom. The van der Waals surface area contributed by atoms with E-state index >= 15 is 0 Å². The average molecular weight is 384 g/mol. The Kier molecular flexibility index (Phi) is 7.28. The van der Waals surface area contributed by atoms with E-state index in [1.165, 1.54) is 5.56 Å². The molecule has 1 saturated heterocycles. The fourth-order valence-electron chi connectivity index (χ4n) is 3.07. The zero-order chi connectivity index (χ0) is 19.8. The topological polar surface area (TPSA) is 60.0 Å². The summed E-state index contributed by atoms with van der Waals surface area (Å²) >= 11 is 0. The number of carbonyl (C=O) groups is 1. The van der Waals surface area contributed by atoms with Crippen molar-refractivity contribution in [2.75, 3.05) is 33.4 Å². The number of amides is 1. The van der Waals surface area contributed by atoms with Gasteiger partial charge in [0.1, 0.15) is 0 Å². The molecule has 6 nitrogen and oxygen atoms in total. The van der Waals surface area contributed by atoms with Gasteiger partial charge in [0.15, 0.2) is 17.6 Å². The molecule has 0 unspecified atom stereocenters. The molecule has 1 aliphatic rings. The summed E-state index contributed by atoms with van der Waals surface area (Å²) in [5.41, 5.74) is 2.33. The summed E-state index contributed by atoms with van der Waals surface area (Å²) in [6, 6.07) is 15.6. The van der Waals surface area contributed by atoms with E-state index in [0.29, 0.717) is 18.0 Å². The molecule has 0 saturated carbocycles. The molecule has 0 bridgehead atoms. The molecule has 0 spiro atoms. The van der Waals surface area contributed by atoms with Crippen LogP contribution in [0.1, 0.15) is 18.1 Å². The number of hydrogen-bond acceptors (Lipinski definition) is 5. The Labute approximate surface area is 166 Å². The van der Waals surface area contributed by atoms with Crippen molar-refractivity contribution in [2.45, 2.75) is 26.1 Å². The quantitative estimate of drug-likeness (QED) is 0.758. The Balaban J connectivity index is 1.47. The maximum atomic E-state index is 12.4. The standard InChI is InChI=1S/C22H28N2O4/c1-17(28-21-6-4-3-5-20(21)26-2)22(25)23-15-18-7-9-19(10-8-18)16-24-11-13-27-14-12-24/h3-10,17H,11-16H2,1-2H3,(H,23,25)/t17-/m1/s1. The molecule has 6 heteroatoms. The molecule has 2 aromatic rings. The van der Waals surface area contributed by atoms with Crippen LogP contribution in [0.3, 0.4) is 0 Å². The molecule has 1 aliphatic heterocycles. The fourth-order valence-corrected chi connectivity index (χ4v) is 3.07. The lowest BCUT2D eigenvalue weighted by atomic mass is 10.1. The van der Waals surface area contributed by atoms with Crippen LogP contribution in [0.4, 0.5) is 0 Å². The van der Waals surface area contributed by atoms with Crippen LogP contribution in [0, 0.1) is 0 Å². The second-order valence-corrected chi connectivity index (χ2v) is 6.83. The van der Waals surface area contributed by atoms with Crippen molar-refractivity contribution >= 4 is 5.91 Å². The molecule has 1 atom stereocenters. The molecule has 0 aromatic heterocycles. The van der Waals surface area contributed by atoms with Gasteiger partial charge in [-0.25, -0.2) is 0 Å². The molecule has 1 fully saturated rings. The lowest BCUT2D eigenvalue weighted by Gasteiger charge is -2.26. The molecular formula is C22H28N2O4. The van der Waals surface area contributed by atoms with Crippen LogP contribution in [0.25, 0.3) is 0 Å². The lowest BCUT2D eigenvalue weighted by Crippen LogP contribution is -2.36. The second kappa shape index (κ2) is 10.1. The summed E-state index contributed by atoms with van der Waals surface area (Å²) < 4.78 is 16.4. The third-order valence-electron chi connectivity index (χ3n) is 4.74. The molecule has 3 rings (SSSR count). The summed E-state index contributed by atoms with van der Waals surface area (Å²) in [6.07, 6.45) is -0.614. The maximum absolute atomic E-state index is 12.4. The Bertz CT molecular complexity index is 757. The van der Waals surface area contributed by atoms with Gasteiger partial charge in [0.25, 0.3) is 5.91 Å². The minimum absolute atomic E-state index is 0.164. The summed E-state index contributed by atoms with van der Waals surface area (Å²) in [4.78, 5) is 14.7. The van der Waals surface area contributed by atoms with Gasteiger partial charge in [0, 0.05) is 26.2 Å². The Morgan fingerprint density at radius 1 is 1.07 bits per heavy atom. The molecule has 1 N–H and O–H groups in total.